The number of rotatable bonds is 3. The number of hydrogen-bond donors (Lipinski definition) is 0. The van der Waals surface area contributed by atoms with Gasteiger partial charge in [-0.15, -0.1) is 11.6 Å². The Hall–Kier alpha value is -2.05. The predicted octanol–water partition coefficient (Wildman–Crippen LogP) is 4.23. The zero-order valence-electron chi connectivity index (χ0n) is 9.36. The van der Waals surface area contributed by atoms with Crippen molar-refractivity contribution in [1.82, 2.24) is 0 Å². The molecule has 0 aromatic heterocycles. The van der Waals surface area contributed by atoms with Crippen molar-refractivity contribution in [3.05, 3.63) is 59.4 Å². The van der Waals surface area contributed by atoms with Gasteiger partial charge in [-0.3, -0.25) is 0 Å². The van der Waals surface area contributed by atoms with Crippen molar-refractivity contribution in [2.24, 2.45) is 0 Å². The van der Waals surface area contributed by atoms with Crippen LogP contribution in [0.4, 0.5) is 4.39 Å². The van der Waals surface area contributed by atoms with Crippen LogP contribution in [0.3, 0.4) is 0 Å². The summed E-state index contributed by atoms with van der Waals surface area (Å²) in [5, 5.41) is 8.79. The van der Waals surface area contributed by atoms with E-state index in [1.807, 2.05) is 6.07 Å². The normalized spacial score (nSPS) is 9.83. The van der Waals surface area contributed by atoms with Gasteiger partial charge in [0.1, 0.15) is 17.3 Å². The second-order valence-electron chi connectivity index (χ2n) is 3.63. The van der Waals surface area contributed by atoms with Gasteiger partial charge >= 0.3 is 0 Å². The van der Waals surface area contributed by atoms with Crippen molar-refractivity contribution in [2.45, 2.75) is 5.88 Å². The molecule has 0 amide bonds. The second kappa shape index (κ2) is 5.52. The van der Waals surface area contributed by atoms with Crippen molar-refractivity contribution in [3.8, 4) is 17.6 Å². The Bertz CT molecular complexity index is 607. The minimum Gasteiger partial charge on any atom is -0.457 e. The van der Waals surface area contributed by atoms with Crippen molar-refractivity contribution < 1.29 is 9.13 Å². The molecule has 0 heterocycles. The third-order valence-electron chi connectivity index (χ3n) is 2.36. The first-order valence-corrected chi connectivity index (χ1v) is 5.79. The van der Waals surface area contributed by atoms with E-state index in [9.17, 15) is 4.39 Å². The number of nitriles is 1. The van der Waals surface area contributed by atoms with Crippen molar-refractivity contribution >= 4 is 11.6 Å². The molecule has 0 fully saturated rings. The highest BCUT2D eigenvalue weighted by molar-refractivity contribution is 6.17. The fourth-order valence-electron chi connectivity index (χ4n) is 1.51. The summed E-state index contributed by atoms with van der Waals surface area (Å²) in [5.41, 5.74) is 1.07. The molecule has 18 heavy (non-hydrogen) atoms. The Morgan fingerprint density at radius 3 is 2.78 bits per heavy atom. The monoisotopic (exact) mass is 261 g/mol. The molecule has 4 heteroatoms. The zero-order chi connectivity index (χ0) is 13.0. The van der Waals surface area contributed by atoms with Crippen LogP contribution >= 0.6 is 11.6 Å². The van der Waals surface area contributed by atoms with Gasteiger partial charge in [0, 0.05) is 5.56 Å². The number of alkyl halides is 1. The number of benzene rings is 2. The summed E-state index contributed by atoms with van der Waals surface area (Å²) in [6.45, 7) is 0. The van der Waals surface area contributed by atoms with Crippen LogP contribution < -0.4 is 4.74 Å². The lowest BCUT2D eigenvalue weighted by molar-refractivity contribution is 0.476. The molecule has 0 aliphatic carbocycles. The molecule has 0 atom stereocenters. The van der Waals surface area contributed by atoms with Crippen LogP contribution in [0, 0.1) is 17.1 Å². The van der Waals surface area contributed by atoms with Crippen LogP contribution in [0.2, 0.25) is 0 Å². The van der Waals surface area contributed by atoms with Crippen LogP contribution in [0.15, 0.2) is 42.5 Å². The SMILES string of the molecule is N#Cc1cccc(Oc2ccc(F)cc2CCl)c1. The molecule has 2 aromatic rings. The Kier molecular flexibility index (Phi) is 3.81. The van der Waals surface area contributed by atoms with E-state index in [2.05, 4.69) is 0 Å². The predicted molar refractivity (Wildman–Crippen MR) is 67.2 cm³/mol. The molecule has 0 saturated carbocycles. The maximum Gasteiger partial charge on any atom is 0.132 e. The lowest BCUT2D eigenvalue weighted by Gasteiger charge is -2.09. The van der Waals surface area contributed by atoms with Crippen LogP contribution in [0.5, 0.6) is 11.5 Å². The first-order chi connectivity index (χ1) is 8.72. The van der Waals surface area contributed by atoms with Crippen LogP contribution in [-0.2, 0) is 5.88 Å². The summed E-state index contributed by atoms with van der Waals surface area (Å²) in [5.74, 6) is 0.808. The molecule has 0 aliphatic heterocycles. The van der Waals surface area contributed by atoms with Gasteiger partial charge in [0.25, 0.3) is 0 Å². The topological polar surface area (TPSA) is 33.0 Å². The van der Waals surface area contributed by atoms with E-state index < -0.39 is 0 Å². The summed E-state index contributed by atoms with van der Waals surface area (Å²) in [7, 11) is 0. The van der Waals surface area contributed by atoms with E-state index in [1.165, 1.54) is 18.2 Å². The molecule has 2 rings (SSSR count). The first-order valence-electron chi connectivity index (χ1n) is 5.25. The van der Waals surface area contributed by atoms with Gasteiger partial charge in [0.15, 0.2) is 0 Å². The summed E-state index contributed by atoms with van der Waals surface area (Å²) >= 11 is 5.73. The van der Waals surface area contributed by atoms with Crippen LogP contribution in [0.1, 0.15) is 11.1 Å². The van der Waals surface area contributed by atoms with Crippen molar-refractivity contribution in [1.29, 1.82) is 5.26 Å². The minimum absolute atomic E-state index is 0.158. The molecule has 0 N–H and O–H groups in total. The summed E-state index contributed by atoms with van der Waals surface area (Å²) in [4.78, 5) is 0. The molecule has 0 bridgehead atoms. The molecule has 0 aliphatic rings. The van der Waals surface area contributed by atoms with E-state index in [0.29, 0.717) is 22.6 Å². The van der Waals surface area contributed by atoms with E-state index in [0.717, 1.165) is 0 Å². The van der Waals surface area contributed by atoms with E-state index in [-0.39, 0.29) is 11.7 Å². The number of nitrogens with zero attached hydrogens (tertiary/aromatic N) is 1. The Morgan fingerprint density at radius 1 is 1.22 bits per heavy atom. The largest absolute Gasteiger partial charge is 0.457 e. The zero-order valence-corrected chi connectivity index (χ0v) is 10.1. The molecule has 0 spiro atoms. The van der Waals surface area contributed by atoms with Gasteiger partial charge in [-0.2, -0.15) is 5.26 Å². The molecule has 2 nitrogen and oxygen atoms in total. The molecule has 0 radical (unpaired) electrons. The molecular weight excluding hydrogens is 253 g/mol. The highest BCUT2D eigenvalue weighted by atomic mass is 35.5. The fraction of sp³-hybridized carbons (Fsp3) is 0.0714. The first kappa shape index (κ1) is 12.4. The Morgan fingerprint density at radius 2 is 2.06 bits per heavy atom. The molecule has 0 unspecified atom stereocenters. The third kappa shape index (κ3) is 2.79. The van der Waals surface area contributed by atoms with Gasteiger partial charge in [0.05, 0.1) is 17.5 Å². The molecule has 90 valence electrons. The lowest BCUT2D eigenvalue weighted by Crippen LogP contribution is -1.91. The molecule has 0 saturated heterocycles. The van der Waals surface area contributed by atoms with Crippen molar-refractivity contribution in [3.63, 3.8) is 0 Å². The van der Waals surface area contributed by atoms with E-state index >= 15 is 0 Å². The fourth-order valence-corrected chi connectivity index (χ4v) is 1.72. The third-order valence-corrected chi connectivity index (χ3v) is 2.65. The van der Waals surface area contributed by atoms with E-state index in [1.54, 1.807) is 24.3 Å². The van der Waals surface area contributed by atoms with Crippen LogP contribution in [-0.4, -0.2) is 0 Å². The minimum atomic E-state index is -0.358. The lowest BCUT2D eigenvalue weighted by atomic mass is 10.2. The van der Waals surface area contributed by atoms with Gasteiger partial charge in [-0.25, -0.2) is 4.39 Å². The van der Waals surface area contributed by atoms with Crippen LogP contribution in [0.25, 0.3) is 0 Å². The highest BCUT2D eigenvalue weighted by Crippen LogP contribution is 2.27. The quantitative estimate of drug-likeness (QED) is 0.775. The number of halogens is 2. The maximum absolute atomic E-state index is 13.0. The van der Waals surface area contributed by atoms with Gasteiger partial charge in [0.2, 0.25) is 0 Å². The average molecular weight is 262 g/mol. The maximum atomic E-state index is 13.0. The summed E-state index contributed by atoms with van der Waals surface area (Å²) in [6, 6.07) is 12.9. The highest BCUT2D eigenvalue weighted by Gasteiger charge is 2.06. The number of ether oxygens (including phenoxy) is 1. The van der Waals surface area contributed by atoms with Gasteiger partial charge < -0.3 is 4.74 Å². The summed E-state index contributed by atoms with van der Waals surface area (Å²) in [6.07, 6.45) is 0. The number of hydrogen-bond acceptors (Lipinski definition) is 2. The molecule has 2 aromatic carbocycles. The smallest absolute Gasteiger partial charge is 0.132 e. The Balaban J connectivity index is 2.31. The average Bonchev–Trinajstić information content (AvgIpc) is 2.41. The second-order valence-corrected chi connectivity index (χ2v) is 3.89. The van der Waals surface area contributed by atoms with Crippen molar-refractivity contribution in [2.75, 3.05) is 0 Å². The Labute approximate surface area is 109 Å². The van der Waals surface area contributed by atoms with Gasteiger partial charge in [-0.1, -0.05) is 6.07 Å². The van der Waals surface area contributed by atoms with E-state index in [4.69, 9.17) is 21.6 Å². The summed E-state index contributed by atoms with van der Waals surface area (Å²) < 4.78 is 18.6. The molecular formula is C14H9ClFNO. The standard InChI is InChI=1S/C14H9ClFNO/c15-8-11-7-12(16)4-5-14(11)18-13-3-1-2-10(6-13)9-17/h1-7H,8H2. The van der Waals surface area contributed by atoms with Gasteiger partial charge in [-0.05, 0) is 36.4 Å².